The van der Waals surface area contributed by atoms with Gasteiger partial charge in [-0.3, -0.25) is 0 Å². The normalized spacial score (nSPS) is 11.8. The smallest absolute Gasteiger partial charge is 0.449 e. The van der Waals surface area contributed by atoms with Crippen LogP contribution in [0.2, 0.25) is 0 Å². The van der Waals surface area contributed by atoms with Crippen molar-refractivity contribution in [2.45, 2.75) is 13.1 Å². The first-order chi connectivity index (χ1) is 14.7. The van der Waals surface area contributed by atoms with Crippen molar-refractivity contribution in [3.63, 3.8) is 0 Å². The lowest BCUT2D eigenvalue weighted by molar-refractivity contribution is 0.140. The number of benzene rings is 3. The third-order valence-corrected chi connectivity index (χ3v) is 5.65. The average molecular weight is 442 g/mol. The van der Waals surface area contributed by atoms with E-state index >= 15 is 0 Å². The molecule has 0 aliphatic rings. The van der Waals surface area contributed by atoms with E-state index in [4.69, 9.17) is 4.74 Å². The fourth-order valence-corrected chi connectivity index (χ4v) is 4.11. The summed E-state index contributed by atoms with van der Waals surface area (Å²) in [5.74, 6) is -0.588. The molecule has 160 valence electrons. The Bertz CT molecular complexity index is 1410. The van der Waals surface area contributed by atoms with E-state index in [1.807, 2.05) is 42.5 Å². The minimum atomic E-state index is -3.58. The molecule has 0 aliphatic carbocycles. The average Bonchev–Trinajstić information content (AvgIpc) is 2.97. The molecule has 4 rings (SSSR count). The van der Waals surface area contributed by atoms with Crippen molar-refractivity contribution in [1.29, 1.82) is 0 Å². The van der Waals surface area contributed by atoms with Crippen LogP contribution >= 0.6 is 0 Å². The van der Waals surface area contributed by atoms with Crippen LogP contribution in [0.1, 0.15) is 11.1 Å². The van der Waals surface area contributed by atoms with Gasteiger partial charge in [0, 0.05) is 17.5 Å². The third-order valence-electron chi connectivity index (χ3n) is 4.98. The van der Waals surface area contributed by atoms with Crippen LogP contribution in [0.5, 0.6) is 5.88 Å². The zero-order valence-corrected chi connectivity index (χ0v) is 17.3. The van der Waals surface area contributed by atoms with Gasteiger partial charge in [0.1, 0.15) is 5.82 Å². The molecular formula is C22H19FN2O5S. The summed E-state index contributed by atoms with van der Waals surface area (Å²) < 4.78 is 46.3. The topological polar surface area (TPSA) is 97.6 Å². The van der Waals surface area contributed by atoms with Gasteiger partial charge < -0.3 is 14.4 Å². The van der Waals surface area contributed by atoms with Crippen LogP contribution in [-0.2, 0) is 23.1 Å². The molecule has 1 heterocycles. The standard InChI is InChI=1S/C22H19FN2O5S/c1-31(28,29)24-12-19-18-11-16(23)9-10-20(18)25(21(19)30-22(26)27)13-15-7-4-6-14-5-2-3-8-17(14)15/h2-11,24H,12-13H2,1H3,(H,26,27). The van der Waals surface area contributed by atoms with Gasteiger partial charge in [0.2, 0.25) is 15.9 Å². The second-order valence-corrected chi connectivity index (χ2v) is 8.96. The molecule has 0 unspecified atom stereocenters. The van der Waals surface area contributed by atoms with E-state index in [1.54, 1.807) is 4.57 Å². The summed E-state index contributed by atoms with van der Waals surface area (Å²) in [5.41, 5.74) is 1.66. The Kier molecular flexibility index (Phi) is 5.38. The molecule has 31 heavy (non-hydrogen) atoms. The van der Waals surface area contributed by atoms with E-state index in [-0.39, 0.29) is 24.5 Å². The summed E-state index contributed by atoms with van der Waals surface area (Å²) in [6.07, 6.45) is -0.566. The van der Waals surface area contributed by atoms with Crippen LogP contribution < -0.4 is 9.46 Å². The first kappa shape index (κ1) is 20.8. The lowest BCUT2D eigenvalue weighted by Gasteiger charge is -2.13. The van der Waals surface area contributed by atoms with E-state index < -0.39 is 22.0 Å². The largest absolute Gasteiger partial charge is 0.512 e. The fraction of sp³-hybridized carbons (Fsp3) is 0.136. The van der Waals surface area contributed by atoms with Gasteiger partial charge >= 0.3 is 6.16 Å². The van der Waals surface area contributed by atoms with Crippen molar-refractivity contribution in [2.24, 2.45) is 0 Å². The monoisotopic (exact) mass is 442 g/mol. The molecule has 2 N–H and O–H groups in total. The van der Waals surface area contributed by atoms with Crippen molar-refractivity contribution < 1.29 is 27.4 Å². The Morgan fingerprint density at radius 3 is 2.58 bits per heavy atom. The number of hydrogen-bond donors (Lipinski definition) is 2. The molecule has 3 aromatic carbocycles. The maximum atomic E-state index is 14.0. The molecule has 0 radical (unpaired) electrons. The van der Waals surface area contributed by atoms with E-state index in [9.17, 15) is 22.7 Å². The minimum absolute atomic E-state index is 0.0582. The summed E-state index contributed by atoms with van der Waals surface area (Å²) in [7, 11) is -3.58. The Morgan fingerprint density at radius 2 is 1.84 bits per heavy atom. The van der Waals surface area contributed by atoms with Gasteiger partial charge in [0.05, 0.1) is 18.3 Å². The summed E-state index contributed by atoms with van der Waals surface area (Å²) in [5, 5.41) is 11.7. The van der Waals surface area contributed by atoms with Gasteiger partial charge in [-0.25, -0.2) is 22.3 Å². The second kappa shape index (κ2) is 8.01. The van der Waals surface area contributed by atoms with Crippen LogP contribution in [0.4, 0.5) is 9.18 Å². The lowest BCUT2D eigenvalue weighted by atomic mass is 10.0. The maximum absolute atomic E-state index is 14.0. The van der Waals surface area contributed by atoms with Gasteiger partial charge in [0.25, 0.3) is 0 Å². The van der Waals surface area contributed by atoms with Crippen LogP contribution in [0, 0.1) is 5.82 Å². The third kappa shape index (κ3) is 4.37. The molecule has 0 atom stereocenters. The number of carbonyl (C=O) groups is 1. The Balaban J connectivity index is 1.93. The Morgan fingerprint density at radius 1 is 1.10 bits per heavy atom. The predicted molar refractivity (Wildman–Crippen MR) is 115 cm³/mol. The summed E-state index contributed by atoms with van der Waals surface area (Å²) in [6, 6.07) is 17.6. The molecule has 1 aromatic heterocycles. The lowest BCUT2D eigenvalue weighted by Crippen LogP contribution is -2.22. The molecule has 0 amide bonds. The molecular weight excluding hydrogens is 423 g/mol. The number of fused-ring (bicyclic) bond motifs is 2. The first-order valence-corrected chi connectivity index (χ1v) is 11.2. The molecule has 9 heteroatoms. The van der Waals surface area contributed by atoms with E-state index in [1.165, 1.54) is 18.2 Å². The summed E-state index contributed by atoms with van der Waals surface area (Å²) >= 11 is 0. The zero-order chi connectivity index (χ0) is 22.2. The highest BCUT2D eigenvalue weighted by Crippen LogP contribution is 2.35. The number of sulfonamides is 1. The number of nitrogens with zero attached hydrogens (tertiary/aromatic N) is 1. The second-order valence-electron chi connectivity index (χ2n) is 7.13. The van der Waals surface area contributed by atoms with Crippen LogP contribution in [-0.4, -0.2) is 30.5 Å². The Labute approximate surface area is 177 Å². The van der Waals surface area contributed by atoms with Gasteiger partial charge in [0.15, 0.2) is 0 Å². The molecule has 0 bridgehead atoms. The van der Waals surface area contributed by atoms with Crippen molar-refractivity contribution in [1.82, 2.24) is 9.29 Å². The van der Waals surface area contributed by atoms with Crippen LogP contribution in [0.15, 0.2) is 60.7 Å². The van der Waals surface area contributed by atoms with Gasteiger partial charge in [-0.1, -0.05) is 42.5 Å². The molecule has 4 aromatic rings. The summed E-state index contributed by atoms with van der Waals surface area (Å²) in [6.45, 7) is -0.00505. The van der Waals surface area contributed by atoms with Crippen molar-refractivity contribution in [3.8, 4) is 5.88 Å². The molecule has 0 fully saturated rings. The molecule has 7 nitrogen and oxygen atoms in total. The number of aromatic nitrogens is 1. The van der Waals surface area contributed by atoms with Crippen LogP contribution in [0.25, 0.3) is 21.7 Å². The van der Waals surface area contributed by atoms with Gasteiger partial charge in [-0.15, -0.1) is 0 Å². The molecule has 0 spiro atoms. The highest BCUT2D eigenvalue weighted by atomic mass is 32.2. The number of nitrogens with one attached hydrogen (secondary N) is 1. The van der Waals surface area contributed by atoms with Crippen molar-refractivity contribution >= 4 is 37.9 Å². The number of halogens is 1. The highest BCUT2D eigenvalue weighted by molar-refractivity contribution is 7.88. The summed E-state index contributed by atoms with van der Waals surface area (Å²) in [4.78, 5) is 11.4. The number of ether oxygens (including phenoxy) is 1. The van der Waals surface area contributed by atoms with Crippen LogP contribution in [0.3, 0.4) is 0 Å². The molecule has 0 saturated carbocycles. The highest BCUT2D eigenvalue weighted by Gasteiger charge is 2.23. The minimum Gasteiger partial charge on any atom is -0.449 e. The maximum Gasteiger partial charge on any atom is 0.512 e. The zero-order valence-electron chi connectivity index (χ0n) is 16.5. The number of carboxylic acid groups (broad SMARTS) is 1. The number of hydrogen-bond acceptors (Lipinski definition) is 4. The quantitative estimate of drug-likeness (QED) is 0.439. The van der Waals surface area contributed by atoms with E-state index in [0.717, 1.165) is 22.6 Å². The SMILES string of the molecule is CS(=O)(=O)NCc1c(OC(=O)O)n(Cc2cccc3ccccc23)c2ccc(F)cc12. The van der Waals surface area contributed by atoms with Crippen molar-refractivity contribution in [3.05, 3.63) is 77.6 Å². The number of rotatable bonds is 6. The van der Waals surface area contributed by atoms with E-state index in [0.29, 0.717) is 10.9 Å². The van der Waals surface area contributed by atoms with Gasteiger partial charge in [-0.05, 0) is 34.5 Å². The van der Waals surface area contributed by atoms with Crippen molar-refractivity contribution in [2.75, 3.05) is 6.26 Å². The first-order valence-electron chi connectivity index (χ1n) is 9.35. The van der Waals surface area contributed by atoms with E-state index in [2.05, 4.69) is 4.72 Å². The Hall–Kier alpha value is -3.43. The predicted octanol–water partition coefficient (Wildman–Crippen LogP) is 4.09. The fourth-order valence-electron chi connectivity index (χ4n) is 3.70. The molecule has 0 saturated heterocycles. The molecule has 0 aliphatic heterocycles. The van der Waals surface area contributed by atoms with Gasteiger partial charge in [-0.2, -0.15) is 0 Å².